The summed E-state index contributed by atoms with van der Waals surface area (Å²) in [5.74, 6) is 0.350. The molecule has 0 saturated carbocycles. The summed E-state index contributed by atoms with van der Waals surface area (Å²) in [6, 6.07) is 0. The molecule has 0 aliphatic carbocycles. The molecule has 0 amide bonds. The van der Waals surface area contributed by atoms with E-state index in [2.05, 4.69) is 17.2 Å². The zero-order valence-electron chi connectivity index (χ0n) is 12.9. The van der Waals surface area contributed by atoms with E-state index in [4.69, 9.17) is 10.5 Å². The van der Waals surface area contributed by atoms with E-state index in [1.54, 1.807) is 0 Å². The number of aliphatic imine (C=N–C) groups is 1. The minimum atomic E-state index is -3.23. The van der Waals surface area contributed by atoms with Crippen molar-refractivity contribution in [2.45, 2.75) is 32.6 Å². The van der Waals surface area contributed by atoms with Crippen LogP contribution in [0.25, 0.3) is 0 Å². The molecular weight excluding hydrogens is 292 g/mol. The van der Waals surface area contributed by atoms with Gasteiger partial charge >= 0.3 is 0 Å². The Labute approximate surface area is 128 Å². The van der Waals surface area contributed by atoms with Gasteiger partial charge in [-0.05, 0) is 6.42 Å². The predicted octanol–water partition coefficient (Wildman–Crippen LogP) is 0.133. The molecule has 1 aliphatic heterocycles. The molecule has 1 saturated heterocycles. The summed E-state index contributed by atoms with van der Waals surface area (Å²) in [6.07, 6.45) is 4.57. The van der Waals surface area contributed by atoms with Gasteiger partial charge < -0.3 is 15.8 Å². The molecule has 1 fully saturated rings. The van der Waals surface area contributed by atoms with Crippen LogP contribution in [0.3, 0.4) is 0 Å². The molecule has 124 valence electrons. The third kappa shape index (κ3) is 7.63. The Balaban J connectivity index is 2.20. The molecule has 1 rings (SSSR count). The highest BCUT2D eigenvalue weighted by molar-refractivity contribution is 7.89. The van der Waals surface area contributed by atoms with E-state index in [0.717, 1.165) is 12.8 Å². The second-order valence-corrected chi connectivity index (χ2v) is 7.17. The van der Waals surface area contributed by atoms with Crippen LogP contribution in [0.2, 0.25) is 0 Å². The van der Waals surface area contributed by atoms with Crippen LogP contribution >= 0.6 is 0 Å². The molecule has 0 bridgehead atoms. The minimum absolute atomic E-state index is 0.0268. The third-order valence-electron chi connectivity index (χ3n) is 3.32. The first-order valence-corrected chi connectivity index (χ1v) is 9.26. The highest BCUT2D eigenvalue weighted by atomic mass is 32.2. The Hall–Kier alpha value is -0.860. The summed E-state index contributed by atoms with van der Waals surface area (Å²) < 4.78 is 30.7. The smallest absolute Gasteiger partial charge is 0.215 e. The molecule has 0 radical (unpaired) electrons. The highest BCUT2D eigenvalue weighted by Crippen LogP contribution is 2.04. The summed E-state index contributed by atoms with van der Waals surface area (Å²) in [6.45, 7) is 4.93. The van der Waals surface area contributed by atoms with Crippen LogP contribution < -0.4 is 11.1 Å². The van der Waals surface area contributed by atoms with Gasteiger partial charge in [-0.2, -0.15) is 4.31 Å². The molecule has 0 unspecified atom stereocenters. The van der Waals surface area contributed by atoms with Gasteiger partial charge in [0.25, 0.3) is 0 Å². The number of nitrogens with zero attached hydrogens (tertiary/aromatic N) is 2. The van der Waals surface area contributed by atoms with E-state index in [0.29, 0.717) is 38.8 Å². The van der Waals surface area contributed by atoms with Gasteiger partial charge in [-0.1, -0.05) is 26.2 Å². The van der Waals surface area contributed by atoms with Gasteiger partial charge in [-0.3, -0.25) is 4.99 Å². The van der Waals surface area contributed by atoms with Crippen LogP contribution in [0.1, 0.15) is 32.6 Å². The van der Waals surface area contributed by atoms with Crippen LogP contribution in [0.15, 0.2) is 4.99 Å². The van der Waals surface area contributed by atoms with Crippen molar-refractivity contribution in [2.24, 2.45) is 10.7 Å². The highest BCUT2D eigenvalue weighted by Gasteiger charge is 2.23. The molecule has 1 heterocycles. The summed E-state index contributed by atoms with van der Waals surface area (Å²) in [4.78, 5) is 4.18. The lowest BCUT2D eigenvalue weighted by molar-refractivity contribution is 0.0730. The van der Waals surface area contributed by atoms with Crippen molar-refractivity contribution < 1.29 is 13.2 Å². The molecule has 0 spiro atoms. The SMILES string of the molecule is CCCCCCN=C(N)NCCS(=O)(=O)N1CCOCC1. The van der Waals surface area contributed by atoms with Gasteiger partial charge in [0.05, 0.1) is 19.0 Å². The van der Waals surface area contributed by atoms with E-state index in [1.807, 2.05) is 0 Å². The number of nitrogens with one attached hydrogen (secondary N) is 1. The van der Waals surface area contributed by atoms with Gasteiger partial charge in [0.15, 0.2) is 5.96 Å². The fraction of sp³-hybridized carbons (Fsp3) is 0.923. The third-order valence-corrected chi connectivity index (χ3v) is 5.20. The molecule has 0 aromatic heterocycles. The number of guanidine groups is 1. The average Bonchev–Trinajstić information content (AvgIpc) is 2.48. The lowest BCUT2D eigenvalue weighted by Crippen LogP contribution is -2.44. The van der Waals surface area contributed by atoms with Crippen molar-refractivity contribution in [3.63, 3.8) is 0 Å². The van der Waals surface area contributed by atoms with E-state index >= 15 is 0 Å². The number of morpholine rings is 1. The molecule has 21 heavy (non-hydrogen) atoms. The van der Waals surface area contributed by atoms with Crippen molar-refractivity contribution >= 4 is 16.0 Å². The molecule has 1 aliphatic rings. The van der Waals surface area contributed by atoms with Crippen molar-refractivity contribution in [3.05, 3.63) is 0 Å². The largest absolute Gasteiger partial charge is 0.379 e. The van der Waals surface area contributed by atoms with E-state index in [9.17, 15) is 8.42 Å². The second kappa shape index (κ2) is 9.97. The molecule has 7 nitrogen and oxygen atoms in total. The summed E-state index contributed by atoms with van der Waals surface area (Å²) in [5, 5.41) is 2.86. The quantitative estimate of drug-likeness (QED) is 0.358. The normalized spacial score (nSPS) is 17.9. The first kappa shape index (κ1) is 18.2. The van der Waals surface area contributed by atoms with Crippen LogP contribution in [0.5, 0.6) is 0 Å². The van der Waals surface area contributed by atoms with Crippen molar-refractivity contribution in [1.29, 1.82) is 0 Å². The summed E-state index contributed by atoms with van der Waals surface area (Å²) >= 11 is 0. The topological polar surface area (TPSA) is 97.0 Å². The fourth-order valence-corrected chi connectivity index (χ4v) is 3.38. The Morgan fingerprint density at radius 1 is 1.29 bits per heavy atom. The molecule has 0 atom stereocenters. The Kier molecular flexibility index (Phi) is 8.63. The number of unbranched alkanes of at least 4 members (excludes halogenated alkanes) is 3. The van der Waals surface area contributed by atoms with Gasteiger partial charge in [0, 0.05) is 26.2 Å². The van der Waals surface area contributed by atoms with Gasteiger partial charge in [-0.25, -0.2) is 8.42 Å². The summed E-state index contributed by atoms with van der Waals surface area (Å²) in [5.41, 5.74) is 5.71. The Morgan fingerprint density at radius 3 is 2.67 bits per heavy atom. The Morgan fingerprint density at radius 2 is 2.00 bits per heavy atom. The van der Waals surface area contributed by atoms with Crippen LogP contribution in [-0.2, 0) is 14.8 Å². The Bertz CT molecular complexity index is 406. The molecule has 0 aromatic carbocycles. The van der Waals surface area contributed by atoms with Crippen molar-refractivity contribution in [2.75, 3.05) is 45.1 Å². The summed E-state index contributed by atoms with van der Waals surface area (Å²) in [7, 11) is -3.23. The standard InChI is InChI=1S/C13H28N4O3S/c1-2-3-4-5-6-15-13(14)16-7-12-21(18,19)17-8-10-20-11-9-17/h2-12H2,1H3,(H3,14,15,16). The second-order valence-electron chi connectivity index (χ2n) is 5.08. The van der Waals surface area contributed by atoms with E-state index < -0.39 is 10.0 Å². The number of sulfonamides is 1. The monoisotopic (exact) mass is 320 g/mol. The lowest BCUT2D eigenvalue weighted by atomic mass is 10.2. The molecule has 8 heteroatoms. The zero-order valence-corrected chi connectivity index (χ0v) is 13.7. The van der Waals surface area contributed by atoms with Gasteiger partial charge in [-0.15, -0.1) is 0 Å². The fourth-order valence-electron chi connectivity index (χ4n) is 2.06. The first-order valence-electron chi connectivity index (χ1n) is 7.65. The maximum absolute atomic E-state index is 12.0. The molecule has 0 aromatic rings. The predicted molar refractivity (Wildman–Crippen MR) is 84.8 cm³/mol. The lowest BCUT2D eigenvalue weighted by Gasteiger charge is -2.26. The minimum Gasteiger partial charge on any atom is -0.379 e. The van der Waals surface area contributed by atoms with E-state index in [-0.39, 0.29) is 12.3 Å². The van der Waals surface area contributed by atoms with Crippen molar-refractivity contribution in [3.8, 4) is 0 Å². The van der Waals surface area contributed by atoms with Crippen LogP contribution in [0, 0.1) is 0 Å². The zero-order chi connectivity index (χ0) is 15.6. The first-order chi connectivity index (χ1) is 10.1. The van der Waals surface area contributed by atoms with Crippen molar-refractivity contribution in [1.82, 2.24) is 9.62 Å². The number of ether oxygens (including phenoxy) is 1. The van der Waals surface area contributed by atoms with Gasteiger partial charge in [0.2, 0.25) is 10.0 Å². The number of rotatable bonds is 9. The number of hydrogen-bond donors (Lipinski definition) is 2. The maximum atomic E-state index is 12.0. The number of nitrogens with two attached hydrogens (primary N) is 1. The average molecular weight is 320 g/mol. The van der Waals surface area contributed by atoms with Crippen LogP contribution in [0.4, 0.5) is 0 Å². The van der Waals surface area contributed by atoms with Crippen LogP contribution in [-0.4, -0.2) is 63.8 Å². The molecule has 3 N–H and O–H groups in total. The van der Waals surface area contributed by atoms with E-state index in [1.165, 1.54) is 17.1 Å². The number of hydrogen-bond acceptors (Lipinski definition) is 4. The maximum Gasteiger partial charge on any atom is 0.215 e. The molecular formula is C13H28N4O3S. The van der Waals surface area contributed by atoms with Gasteiger partial charge in [0.1, 0.15) is 0 Å².